The Morgan fingerprint density at radius 2 is 1.68 bits per heavy atom. The molecule has 1 N–H and O–H groups in total. The van der Waals surface area contributed by atoms with Crippen LogP contribution in [0.2, 0.25) is 0 Å². The molecule has 0 aliphatic carbocycles. The predicted molar refractivity (Wildman–Crippen MR) is 110 cm³/mol. The van der Waals surface area contributed by atoms with Crippen molar-refractivity contribution in [1.29, 1.82) is 0 Å². The topological polar surface area (TPSA) is 12.0 Å². The second-order valence-corrected chi connectivity index (χ2v) is 6.38. The van der Waals surface area contributed by atoms with Gasteiger partial charge in [0.25, 0.3) is 6.43 Å². The maximum Gasteiger partial charge on any atom is 0.264 e. The van der Waals surface area contributed by atoms with Crippen molar-refractivity contribution < 1.29 is 8.78 Å². The van der Waals surface area contributed by atoms with E-state index in [9.17, 15) is 8.78 Å². The van der Waals surface area contributed by atoms with Crippen molar-refractivity contribution in [2.75, 3.05) is 11.9 Å². The van der Waals surface area contributed by atoms with E-state index in [4.69, 9.17) is 0 Å². The highest BCUT2D eigenvalue weighted by molar-refractivity contribution is 7.15. The van der Waals surface area contributed by atoms with Crippen molar-refractivity contribution in [3.63, 3.8) is 0 Å². The fourth-order valence-corrected chi connectivity index (χ4v) is 3.37. The zero-order valence-corrected chi connectivity index (χ0v) is 17.5. The lowest BCUT2D eigenvalue weighted by Gasteiger charge is -2.16. The van der Waals surface area contributed by atoms with Gasteiger partial charge in [-0.2, -0.15) is 0 Å². The SMILES string of the molecule is CC.CC.CCCc1cc(-c2ccc(C)s2)c(C(F)F)cc1NCC. The first-order valence-corrected chi connectivity index (χ1v) is 10.1. The number of rotatable bonds is 6. The summed E-state index contributed by atoms with van der Waals surface area (Å²) in [6.45, 7) is 14.8. The van der Waals surface area contributed by atoms with Crippen molar-refractivity contribution in [3.05, 3.63) is 40.3 Å². The first-order chi connectivity index (χ1) is 12.1. The Hall–Kier alpha value is -1.42. The van der Waals surface area contributed by atoms with Gasteiger partial charge in [-0.3, -0.25) is 0 Å². The number of nitrogens with one attached hydrogen (secondary N) is 1. The number of anilines is 1. The van der Waals surface area contributed by atoms with Crippen molar-refractivity contribution >= 4 is 17.0 Å². The van der Waals surface area contributed by atoms with Gasteiger partial charge in [-0.15, -0.1) is 11.3 Å². The Balaban J connectivity index is 0.00000134. The Morgan fingerprint density at radius 3 is 2.12 bits per heavy atom. The highest BCUT2D eigenvalue weighted by Gasteiger charge is 2.18. The molecular formula is C21H33F2NS. The van der Waals surface area contributed by atoms with Crippen LogP contribution in [0.15, 0.2) is 24.3 Å². The van der Waals surface area contributed by atoms with Gasteiger partial charge in [-0.1, -0.05) is 41.0 Å². The summed E-state index contributed by atoms with van der Waals surface area (Å²) in [6.07, 6.45) is -0.575. The molecule has 142 valence electrons. The minimum Gasteiger partial charge on any atom is -0.385 e. The molecule has 0 radical (unpaired) electrons. The highest BCUT2D eigenvalue weighted by Crippen LogP contribution is 2.38. The molecule has 4 heteroatoms. The van der Waals surface area contributed by atoms with Crippen molar-refractivity contribution in [2.24, 2.45) is 0 Å². The third-order valence-electron chi connectivity index (χ3n) is 3.40. The van der Waals surface area contributed by atoms with Crippen LogP contribution in [-0.2, 0) is 6.42 Å². The largest absolute Gasteiger partial charge is 0.385 e. The summed E-state index contributed by atoms with van der Waals surface area (Å²) in [5.74, 6) is 0. The van der Waals surface area contributed by atoms with E-state index in [0.717, 1.165) is 40.4 Å². The van der Waals surface area contributed by atoms with Crippen LogP contribution in [-0.4, -0.2) is 6.54 Å². The molecule has 0 amide bonds. The summed E-state index contributed by atoms with van der Waals surface area (Å²) in [6, 6.07) is 7.48. The van der Waals surface area contributed by atoms with Gasteiger partial charge in [0.1, 0.15) is 0 Å². The van der Waals surface area contributed by atoms with E-state index in [1.165, 1.54) is 0 Å². The number of thiophene rings is 1. The van der Waals surface area contributed by atoms with E-state index >= 15 is 0 Å². The molecule has 0 bridgehead atoms. The fraction of sp³-hybridized carbons (Fsp3) is 0.524. The summed E-state index contributed by atoms with van der Waals surface area (Å²) >= 11 is 1.56. The van der Waals surface area contributed by atoms with Crippen LogP contribution < -0.4 is 5.32 Å². The van der Waals surface area contributed by atoms with Crippen LogP contribution in [0.1, 0.15) is 70.4 Å². The molecule has 0 fully saturated rings. The van der Waals surface area contributed by atoms with Crippen molar-refractivity contribution in [3.8, 4) is 10.4 Å². The molecule has 0 saturated carbocycles. The minimum absolute atomic E-state index is 0.118. The monoisotopic (exact) mass is 369 g/mol. The molecule has 1 aromatic heterocycles. The first kappa shape index (κ1) is 23.6. The molecule has 1 aromatic carbocycles. The van der Waals surface area contributed by atoms with E-state index in [0.29, 0.717) is 5.56 Å². The normalized spacial score (nSPS) is 9.84. The summed E-state index contributed by atoms with van der Waals surface area (Å²) in [7, 11) is 0. The summed E-state index contributed by atoms with van der Waals surface area (Å²) in [4.78, 5) is 2.06. The van der Waals surface area contributed by atoms with E-state index in [2.05, 4.69) is 12.2 Å². The Labute approximate surface area is 156 Å². The average molecular weight is 370 g/mol. The van der Waals surface area contributed by atoms with E-state index in [-0.39, 0.29) is 5.56 Å². The molecule has 0 spiro atoms. The minimum atomic E-state index is -2.46. The molecule has 2 aromatic rings. The number of hydrogen-bond donors (Lipinski definition) is 1. The van der Waals surface area contributed by atoms with Crippen LogP contribution in [0.25, 0.3) is 10.4 Å². The van der Waals surface area contributed by atoms with E-state index in [1.54, 1.807) is 17.4 Å². The van der Waals surface area contributed by atoms with Gasteiger partial charge in [0, 0.05) is 33.1 Å². The molecule has 0 aliphatic heterocycles. The number of hydrogen-bond acceptors (Lipinski definition) is 2. The smallest absolute Gasteiger partial charge is 0.264 e. The number of aryl methyl sites for hydroxylation is 2. The van der Waals surface area contributed by atoms with E-state index < -0.39 is 6.43 Å². The summed E-state index contributed by atoms with van der Waals surface area (Å²) in [5.41, 5.74) is 2.75. The maximum absolute atomic E-state index is 13.4. The second kappa shape index (κ2) is 12.9. The Kier molecular flexibility index (Phi) is 12.1. The maximum atomic E-state index is 13.4. The van der Waals surface area contributed by atoms with Gasteiger partial charge in [0.15, 0.2) is 0 Å². The lowest BCUT2D eigenvalue weighted by atomic mass is 9.98. The predicted octanol–water partition coefficient (Wildman–Crippen LogP) is 8.10. The third kappa shape index (κ3) is 6.77. The third-order valence-corrected chi connectivity index (χ3v) is 4.44. The molecule has 0 atom stereocenters. The molecule has 2 rings (SSSR count). The van der Waals surface area contributed by atoms with Gasteiger partial charge >= 0.3 is 0 Å². The zero-order valence-electron chi connectivity index (χ0n) is 16.7. The summed E-state index contributed by atoms with van der Waals surface area (Å²) < 4.78 is 26.9. The van der Waals surface area contributed by atoms with Gasteiger partial charge in [-0.25, -0.2) is 8.78 Å². The number of alkyl halides is 2. The Bertz CT molecular complexity index is 606. The van der Waals surface area contributed by atoms with Crippen LogP contribution in [0, 0.1) is 6.92 Å². The van der Waals surface area contributed by atoms with Crippen LogP contribution in [0.3, 0.4) is 0 Å². The molecule has 0 saturated heterocycles. The van der Waals surface area contributed by atoms with Gasteiger partial charge in [0.05, 0.1) is 0 Å². The molecule has 0 unspecified atom stereocenters. The van der Waals surface area contributed by atoms with Gasteiger partial charge < -0.3 is 5.32 Å². The first-order valence-electron chi connectivity index (χ1n) is 9.32. The lowest BCUT2D eigenvalue weighted by molar-refractivity contribution is 0.152. The van der Waals surface area contributed by atoms with Crippen molar-refractivity contribution in [1.82, 2.24) is 0 Å². The highest BCUT2D eigenvalue weighted by atomic mass is 32.1. The second-order valence-electron chi connectivity index (χ2n) is 5.09. The molecule has 0 aliphatic rings. The quantitative estimate of drug-likeness (QED) is 0.542. The van der Waals surface area contributed by atoms with Gasteiger partial charge in [0.2, 0.25) is 0 Å². The zero-order chi connectivity index (χ0) is 19.4. The number of benzene rings is 1. The number of halogens is 2. The average Bonchev–Trinajstić information content (AvgIpc) is 3.06. The molecule has 25 heavy (non-hydrogen) atoms. The van der Waals surface area contributed by atoms with Crippen LogP contribution in [0.4, 0.5) is 14.5 Å². The molecular weight excluding hydrogens is 336 g/mol. The lowest BCUT2D eigenvalue weighted by Crippen LogP contribution is -2.03. The van der Waals surface area contributed by atoms with Crippen LogP contribution in [0.5, 0.6) is 0 Å². The van der Waals surface area contributed by atoms with Gasteiger partial charge in [-0.05, 0) is 50.1 Å². The summed E-state index contributed by atoms with van der Waals surface area (Å²) in [5, 5.41) is 3.21. The fourth-order valence-electron chi connectivity index (χ4n) is 2.47. The van der Waals surface area contributed by atoms with Crippen molar-refractivity contribution in [2.45, 2.75) is 67.7 Å². The van der Waals surface area contributed by atoms with E-state index in [1.807, 2.05) is 59.7 Å². The van der Waals surface area contributed by atoms with Crippen LogP contribution >= 0.6 is 11.3 Å². The molecule has 1 nitrogen and oxygen atoms in total. The molecule has 1 heterocycles. The Morgan fingerprint density at radius 1 is 1.04 bits per heavy atom. The standard InChI is InChI=1S/C17H21F2NS.2C2H6/c1-4-6-12-9-13(16-8-7-11(3)21-16)14(17(18)19)10-15(12)20-5-2;2*1-2/h7-10,17,20H,4-6H2,1-3H3;2*1-2H3.